The second-order valence-electron chi connectivity index (χ2n) is 6.86. The molecule has 30 heavy (non-hydrogen) atoms. The van der Waals surface area contributed by atoms with E-state index in [-0.39, 0.29) is 43.1 Å². The van der Waals surface area contributed by atoms with E-state index in [1.165, 1.54) is 6.92 Å². The number of carbonyl (C=O) groups is 3. The van der Waals surface area contributed by atoms with Gasteiger partial charge in [-0.3, -0.25) is 14.4 Å². The van der Waals surface area contributed by atoms with Crippen LogP contribution >= 0.6 is 0 Å². The van der Waals surface area contributed by atoms with Crippen LogP contribution in [0.2, 0.25) is 0 Å². The lowest BCUT2D eigenvalue weighted by Gasteiger charge is -2.24. The first kappa shape index (κ1) is 22.9. The minimum atomic E-state index is -0.368. The number of carbonyl (C=O) groups excluding carboxylic acids is 3. The van der Waals surface area contributed by atoms with E-state index in [1.54, 1.807) is 17.9 Å². The van der Waals surface area contributed by atoms with E-state index in [0.717, 1.165) is 16.7 Å². The van der Waals surface area contributed by atoms with E-state index in [2.05, 4.69) is 5.32 Å². The van der Waals surface area contributed by atoms with E-state index in [1.807, 2.05) is 61.5 Å². The lowest BCUT2D eigenvalue weighted by atomic mass is 10.1. The molecule has 0 aliphatic carbocycles. The van der Waals surface area contributed by atoms with Gasteiger partial charge in [0.25, 0.3) is 5.91 Å². The van der Waals surface area contributed by atoms with Gasteiger partial charge in [0.2, 0.25) is 5.91 Å². The van der Waals surface area contributed by atoms with Crippen molar-refractivity contribution in [2.75, 3.05) is 13.2 Å². The molecule has 0 radical (unpaired) electrons. The average molecular weight is 408 g/mol. The molecule has 0 atom stereocenters. The molecule has 0 aliphatic rings. The van der Waals surface area contributed by atoms with Gasteiger partial charge in [-0.05, 0) is 36.6 Å². The number of aryl methyl sites for hydroxylation is 1. The lowest BCUT2D eigenvalue weighted by Crippen LogP contribution is -2.38. The van der Waals surface area contributed by atoms with Crippen molar-refractivity contribution in [1.29, 1.82) is 0 Å². The zero-order valence-electron chi connectivity index (χ0n) is 17.7. The molecule has 6 heteroatoms. The highest BCUT2D eigenvalue weighted by Gasteiger charge is 2.21. The van der Waals surface area contributed by atoms with Gasteiger partial charge in [0.05, 0.1) is 13.0 Å². The van der Waals surface area contributed by atoms with Crippen molar-refractivity contribution in [3.8, 4) is 0 Å². The van der Waals surface area contributed by atoms with Crippen LogP contribution in [-0.4, -0.2) is 35.8 Å². The van der Waals surface area contributed by atoms with Gasteiger partial charge in [0, 0.05) is 20.0 Å². The molecule has 0 unspecified atom stereocenters. The SMILES string of the molecule is CCOC(=O)CCN(Cc1ccccc1)C(=O)/C(=C\c1ccccc1C)NC(C)=O. The first-order valence-corrected chi connectivity index (χ1v) is 9.94. The van der Waals surface area contributed by atoms with Gasteiger partial charge in [0.15, 0.2) is 0 Å². The van der Waals surface area contributed by atoms with E-state index in [4.69, 9.17) is 4.74 Å². The number of benzene rings is 2. The summed E-state index contributed by atoms with van der Waals surface area (Å²) in [6, 6.07) is 17.1. The first-order chi connectivity index (χ1) is 14.4. The van der Waals surface area contributed by atoms with Gasteiger partial charge in [-0.2, -0.15) is 0 Å². The number of ether oxygens (including phenoxy) is 1. The van der Waals surface area contributed by atoms with Gasteiger partial charge in [-0.1, -0.05) is 54.6 Å². The topological polar surface area (TPSA) is 75.7 Å². The predicted octanol–water partition coefficient (Wildman–Crippen LogP) is 3.45. The molecule has 2 rings (SSSR count). The van der Waals surface area contributed by atoms with Gasteiger partial charge in [-0.25, -0.2) is 0 Å². The fourth-order valence-corrected chi connectivity index (χ4v) is 2.93. The summed E-state index contributed by atoms with van der Waals surface area (Å²) in [5, 5.41) is 2.65. The third-order valence-electron chi connectivity index (χ3n) is 4.42. The summed E-state index contributed by atoms with van der Waals surface area (Å²) in [6.45, 7) is 5.81. The Morgan fingerprint density at radius 1 is 1.03 bits per heavy atom. The van der Waals surface area contributed by atoms with Crippen molar-refractivity contribution in [2.24, 2.45) is 0 Å². The fourth-order valence-electron chi connectivity index (χ4n) is 2.93. The molecule has 2 aromatic rings. The smallest absolute Gasteiger partial charge is 0.307 e. The molecule has 0 fully saturated rings. The number of hydrogen-bond donors (Lipinski definition) is 1. The van der Waals surface area contributed by atoms with Crippen LogP contribution in [0.25, 0.3) is 6.08 Å². The van der Waals surface area contributed by atoms with Crippen LogP contribution < -0.4 is 5.32 Å². The van der Waals surface area contributed by atoms with Crippen molar-refractivity contribution in [3.05, 3.63) is 77.0 Å². The highest BCUT2D eigenvalue weighted by molar-refractivity contribution is 6.01. The zero-order chi connectivity index (χ0) is 21.9. The monoisotopic (exact) mass is 408 g/mol. The molecule has 2 amide bonds. The lowest BCUT2D eigenvalue weighted by molar-refractivity contribution is -0.144. The summed E-state index contributed by atoms with van der Waals surface area (Å²) >= 11 is 0. The molecular formula is C24H28N2O4. The summed E-state index contributed by atoms with van der Waals surface area (Å²) < 4.78 is 5.00. The number of amides is 2. The number of hydrogen-bond acceptors (Lipinski definition) is 4. The van der Waals surface area contributed by atoms with E-state index in [9.17, 15) is 14.4 Å². The molecular weight excluding hydrogens is 380 g/mol. The predicted molar refractivity (Wildman–Crippen MR) is 116 cm³/mol. The molecule has 0 aromatic heterocycles. The van der Waals surface area contributed by atoms with Crippen LogP contribution in [0.1, 0.15) is 37.0 Å². The van der Waals surface area contributed by atoms with Crippen LogP contribution in [0.4, 0.5) is 0 Å². The van der Waals surface area contributed by atoms with E-state index in [0.29, 0.717) is 6.54 Å². The molecule has 0 heterocycles. The normalized spacial score (nSPS) is 11.0. The summed E-state index contributed by atoms with van der Waals surface area (Å²) in [5.74, 6) is -1.07. The Hall–Kier alpha value is -3.41. The average Bonchev–Trinajstić information content (AvgIpc) is 2.72. The number of nitrogens with zero attached hydrogens (tertiary/aromatic N) is 1. The Morgan fingerprint density at radius 3 is 2.33 bits per heavy atom. The Labute approximate surface area is 177 Å². The molecule has 0 bridgehead atoms. The Kier molecular flexibility index (Phi) is 8.81. The Morgan fingerprint density at radius 2 is 1.70 bits per heavy atom. The molecule has 0 aliphatic heterocycles. The maximum absolute atomic E-state index is 13.4. The largest absolute Gasteiger partial charge is 0.466 e. The summed E-state index contributed by atoms with van der Waals surface area (Å²) in [6.07, 6.45) is 1.74. The van der Waals surface area contributed by atoms with Crippen LogP contribution in [-0.2, 0) is 25.7 Å². The minimum Gasteiger partial charge on any atom is -0.466 e. The second kappa shape index (κ2) is 11.6. The van der Waals surface area contributed by atoms with Crippen LogP contribution in [0.15, 0.2) is 60.3 Å². The minimum absolute atomic E-state index is 0.0735. The maximum Gasteiger partial charge on any atom is 0.307 e. The molecule has 0 saturated carbocycles. The van der Waals surface area contributed by atoms with E-state index < -0.39 is 0 Å². The third kappa shape index (κ3) is 7.20. The maximum atomic E-state index is 13.4. The standard InChI is InChI=1S/C24H28N2O4/c1-4-30-23(28)14-15-26(17-20-11-6-5-7-12-20)24(29)22(25-19(3)27)16-21-13-9-8-10-18(21)2/h5-13,16H,4,14-15,17H2,1-3H3,(H,25,27)/b22-16+. The molecule has 1 N–H and O–H groups in total. The van der Waals surface area contributed by atoms with Crippen molar-refractivity contribution in [3.63, 3.8) is 0 Å². The van der Waals surface area contributed by atoms with Gasteiger partial charge in [0.1, 0.15) is 5.70 Å². The number of nitrogens with one attached hydrogen (secondary N) is 1. The summed E-state index contributed by atoms with van der Waals surface area (Å²) in [4.78, 5) is 38.5. The first-order valence-electron chi connectivity index (χ1n) is 9.94. The Bertz CT molecular complexity index is 906. The van der Waals surface area contributed by atoms with Crippen molar-refractivity contribution in [1.82, 2.24) is 10.2 Å². The molecule has 6 nitrogen and oxygen atoms in total. The van der Waals surface area contributed by atoms with Crippen LogP contribution in [0, 0.1) is 6.92 Å². The van der Waals surface area contributed by atoms with Gasteiger partial charge in [-0.15, -0.1) is 0 Å². The number of esters is 1. The van der Waals surface area contributed by atoms with Crippen LogP contribution in [0.3, 0.4) is 0 Å². The second-order valence-corrected chi connectivity index (χ2v) is 6.86. The number of rotatable bonds is 9. The highest BCUT2D eigenvalue weighted by atomic mass is 16.5. The van der Waals surface area contributed by atoms with E-state index >= 15 is 0 Å². The summed E-state index contributed by atoms with van der Waals surface area (Å²) in [7, 11) is 0. The zero-order valence-corrected chi connectivity index (χ0v) is 17.7. The third-order valence-corrected chi connectivity index (χ3v) is 4.42. The van der Waals surface area contributed by atoms with Crippen LogP contribution in [0.5, 0.6) is 0 Å². The van der Waals surface area contributed by atoms with Gasteiger partial charge < -0.3 is 15.0 Å². The molecule has 0 spiro atoms. The molecule has 2 aromatic carbocycles. The van der Waals surface area contributed by atoms with Crippen molar-refractivity contribution >= 4 is 23.9 Å². The highest BCUT2D eigenvalue weighted by Crippen LogP contribution is 2.15. The summed E-state index contributed by atoms with van der Waals surface area (Å²) in [5.41, 5.74) is 2.90. The molecule has 158 valence electrons. The van der Waals surface area contributed by atoms with Gasteiger partial charge >= 0.3 is 5.97 Å². The fraction of sp³-hybridized carbons (Fsp3) is 0.292. The van der Waals surface area contributed by atoms with Crippen molar-refractivity contribution in [2.45, 2.75) is 33.7 Å². The Balaban J connectivity index is 2.33. The molecule has 0 saturated heterocycles. The quantitative estimate of drug-likeness (QED) is 0.509. The van der Waals surface area contributed by atoms with Crippen molar-refractivity contribution < 1.29 is 19.1 Å².